The molecular weight excluding hydrogens is 424 g/mol. The van der Waals surface area contributed by atoms with Crippen LogP contribution in [0.25, 0.3) is 0 Å². The van der Waals surface area contributed by atoms with Gasteiger partial charge in [-0.05, 0) is 31.2 Å². The number of ether oxygens (including phenoxy) is 1. The van der Waals surface area contributed by atoms with E-state index in [0.717, 1.165) is 0 Å². The van der Waals surface area contributed by atoms with E-state index in [9.17, 15) is 45.5 Å². The van der Waals surface area contributed by atoms with Gasteiger partial charge in [-0.1, -0.05) is 20.8 Å². The van der Waals surface area contributed by atoms with E-state index < -0.39 is 29.3 Å². The Morgan fingerprint density at radius 1 is 0.833 bits per heavy atom. The summed E-state index contributed by atoms with van der Waals surface area (Å²) in [5, 5.41) is 2.79. The summed E-state index contributed by atoms with van der Waals surface area (Å²) in [7, 11) is 0. The zero-order valence-corrected chi connectivity index (χ0v) is 16.3. The SMILES string of the molecule is CCOC(=O)c1ccc(NC(=O)C(C)(C)C)cc1.O=C(C(=O)C(F)(F)F)C(F)(F)F. The van der Waals surface area contributed by atoms with Crippen LogP contribution >= 0.6 is 0 Å². The standard InChI is InChI=1S/C14H19NO3.C4F6O2/c1-5-18-12(16)10-6-8-11(9-7-10)15-13(17)14(2,3)4;5-3(6,7)1(11)2(12)4(8,9)10/h6-9H,5H2,1-4H3,(H,15,17);. The number of rotatable bonds is 4. The fraction of sp³-hybridized carbons (Fsp3) is 0.444. The number of anilines is 1. The molecule has 1 N–H and O–H groups in total. The second-order valence-electron chi connectivity index (χ2n) is 6.66. The van der Waals surface area contributed by atoms with E-state index in [0.29, 0.717) is 17.9 Å². The topological polar surface area (TPSA) is 89.5 Å². The molecule has 0 aliphatic heterocycles. The van der Waals surface area contributed by atoms with E-state index in [1.54, 1.807) is 31.2 Å². The van der Waals surface area contributed by atoms with Crippen molar-refractivity contribution in [3.05, 3.63) is 29.8 Å². The highest BCUT2D eigenvalue weighted by Crippen LogP contribution is 2.24. The molecule has 0 saturated carbocycles. The largest absolute Gasteiger partial charge is 0.462 e. The molecule has 30 heavy (non-hydrogen) atoms. The highest BCUT2D eigenvalue weighted by molar-refractivity contribution is 6.41. The van der Waals surface area contributed by atoms with Gasteiger partial charge >= 0.3 is 29.9 Å². The molecule has 6 nitrogen and oxygen atoms in total. The van der Waals surface area contributed by atoms with Crippen molar-refractivity contribution >= 4 is 29.1 Å². The van der Waals surface area contributed by atoms with Crippen molar-refractivity contribution in [3.63, 3.8) is 0 Å². The maximum absolute atomic E-state index is 11.8. The fourth-order valence-corrected chi connectivity index (χ4v) is 1.48. The summed E-state index contributed by atoms with van der Waals surface area (Å²) in [6.45, 7) is 7.64. The lowest BCUT2D eigenvalue weighted by Gasteiger charge is -2.17. The summed E-state index contributed by atoms with van der Waals surface area (Å²) in [5.74, 6) is -7.23. The molecule has 0 saturated heterocycles. The number of hydrogen-bond acceptors (Lipinski definition) is 5. The molecule has 0 aromatic heterocycles. The smallest absolute Gasteiger partial charge is 0.458 e. The van der Waals surface area contributed by atoms with Gasteiger partial charge in [-0.15, -0.1) is 0 Å². The van der Waals surface area contributed by atoms with Crippen LogP contribution in [0.1, 0.15) is 38.1 Å². The molecule has 0 atom stereocenters. The Labute approximate surface area is 167 Å². The average Bonchev–Trinajstić information content (AvgIpc) is 2.59. The van der Waals surface area contributed by atoms with Gasteiger partial charge in [-0.3, -0.25) is 14.4 Å². The molecule has 0 bridgehead atoms. The zero-order chi connectivity index (χ0) is 23.9. The number of halogens is 6. The van der Waals surface area contributed by atoms with Crippen molar-refractivity contribution in [2.75, 3.05) is 11.9 Å². The molecular formula is C18H19F6NO5. The number of ketones is 2. The third kappa shape index (κ3) is 9.05. The maximum Gasteiger partial charge on any atom is 0.458 e. The molecule has 168 valence electrons. The first-order chi connectivity index (χ1) is 13.4. The van der Waals surface area contributed by atoms with Gasteiger partial charge < -0.3 is 10.1 Å². The molecule has 12 heteroatoms. The van der Waals surface area contributed by atoms with Crippen LogP contribution in [-0.2, 0) is 19.1 Å². The van der Waals surface area contributed by atoms with Crippen LogP contribution in [0.4, 0.5) is 32.0 Å². The van der Waals surface area contributed by atoms with E-state index in [2.05, 4.69) is 5.32 Å². The molecule has 1 amide bonds. The van der Waals surface area contributed by atoms with Gasteiger partial charge in [0.2, 0.25) is 5.91 Å². The summed E-state index contributed by atoms with van der Waals surface area (Å²) in [4.78, 5) is 42.4. The number of carbonyl (C=O) groups excluding carboxylic acids is 4. The van der Waals surface area contributed by atoms with Crippen molar-refractivity contribution in [3.8, 4) is 0 Å². The van der Waals surface area contributed by atoms with Crippen molar-refractivity contribution in [1.82, 2.24) is 0 Å². The minimum atomic E-state index is -5.77. The van der Waals surface area contributed by atoms with E-state index in [1.165, 1.54) is 0 Å². The lowest BCUT2D eigenvalue weighted by Crippen LogP contribution is -2.39. The molecule has 0 radical (unpaired) electrons. The van der Waals surface area contributed by atoms with Crippen molar-refractivity contribution in [2.24, 2.45) is 5.41 Å². The molecule has 0 fully saturated rings. The first-order valence-corrected chi connectivity index (χ1v) is 8.22. The third-order valence-electron chi connectivity index (χ3n) is 3.06. The summed E-state index contributed by atoms with van der Waals surface area (Å²) in [6.07, 6.45) is -11.5. The predicted octanol–water partition coefficient (Wildman–Crippen LogP) is 4.10. The number of nitrogens with one attached hydrogen (secondary N) is 1. The van der Waals surface area contributed by atoms with Crippen LogP contribution in [-0.4, -0.2) is 42.4 Å². The van der Waals surface area contributed by atoms with Crippen LogP contribution in [0.2, 0.25) is 0 Å². The van der Waals surface area contributed by atoms with Gasteiger partial charge in [0.15, 0.2) is 0 Å². The van der Waals surface area contributed by atoms with Gasteiger partial charge in [0.1, 0.15) is 0 Å². The van der Waals surface area contributed by atoms with Gasteiger partial charge in [0.25, 0.3) is 0 Å². The number of esters is 1. The molecule has 0 spiro atoms. The lowest BCUT2D eigenvalue weighted by atomic mass is 9.95. The Kier molecular flexibility index (Phi) is 9.22. The minimum absolute atomic E-state index is 0.0635. The van der Waals surface area contributed by atoms with Crippen LogP contribution in [0.15, 0.2) is 24.3 Å². The molecule has 0 aliphatic rings. The van der Waals surface area contributed by atoms with Crippen molar-refractivity contribution in [2.45, 2.75) is 40.0 Å². The van der Waals surface area contributed by atoms with Crippen molar-refractivity contribution in [1.29, 1.82) is 0 Å². The van der Waals surface area contributed by atoms with Crippen LogP contribution in [0.3, 0.4) is 0 Å². The molecule has 1 rings (SSSR count). The molecule has 1 aromatic rings. The average molecular weight is 443 g/mol. The predicted molar refractivity (Wildman–Crippen MR) is 92.6 cm³/mol. The quantitative estimate of drug-likeness (QED) is 0.430. The lowest BCUT2D eigenvalue weighted by molar-refractivity contribution is -0.193. The molecule has 0 unspecified atom stereocenters. The van der Waals surface area contributed by atoms with Crippen LogP contribution < -0.4 is 5.32 Å². The van der Waals surface area contributed by atoms with Crippen molar-refractivity contribution < 1.29 is 50.3 Å². The summed E-state index contributed by atoms with van der Waals surface area (Å²) >= 11 is 0. The number of hydrogen-bond donors (Lipinski definition) is 1. The van der Waals surface area contributed by atoms with E-state index >= 15 is 0 Å². The zero-order valence-electron chi connectivity index (χ0n) is 16.3. The highest BCUT2D eigenvalue weighted by Gasteiger charge is 2.54. The summed E-state index contributed by atoms with van der Waals surface area (Å²) in [5.41, 5.74) is 0.702. The number of carbonyl (C=O) groups is 4. The number of amides is 1. The van der Waals surface area contributed by atoms with Crippen LogP contribution in [0.5, 0.6) is 0 Å². The minimum Gasteiger partial charge on any atom is -0.462 e. The third-order valence-corrected chi connectivity index (χ3v) is 3.06. The van der Waals surface area contributed by atoms with E-state index in [-0.39, 0.29) is 11.9 Å². The molecule has 1 aromatic carbocycles. The summed E-state index contributed by atoms with van der Waals surface area (Å²) in [6, 6.07) is 6.65. The first kappa shape index (κ1) is 27.1. The van der Waals surface area contributed by atoms with Gasteiger partial charge in [0.05, 0.1) is 12.2 Å². The Balaban J connectivity index is 0.000000612. The van der Waals surface area contributed by atoms with Gasteiger partial charge in [-0.25, -0.2) is 4.79 Å². The fourth-order valence-electron chi connectivity index (χ4n) is 1.48. The Morgan fingerprint density at radius 3 is 1.53 bits per heavy atom. The maximum atomic E-state index is 11.8. The highest BCUT2D eigenvalue weighted by atomic mass is 19.4. The van der Waals surface area contributed by atoms with E-state index in [1.807, 2.05) is 20.8 Å². The normalized spacial score (nSPS) is 11.7. The monoisotopic (exact) mass is 443 g/mol. The Morgan fingerprint density at radius 2 is 1.23 bits per heavy atom. The van der Waals surface area contributed by atoms with Gasteiger partial charge in [-0.2, -0.15) is 26.3 Å². The molecule has 0 heterocycles. The van der Waals surface area contributed by atoms with Gasteiger partial charge in [0, 0.05) is 11.1 Å². The second kappa shape index (κ2) is 10.2. The molecule has 0 aliphatic carbocycles. The summed E-state index contributed by atoms with van der Waals surface area (Å²) < 4.78 is 71.8. The van der Waals surface area contributed by atoms with E-state index in [4.69, 9.17) is 4.74 Å². The number of Topliss-reactive ketones (excluding diaryl/α,β-unsaturated/α-hetero) is 2. The number of benzene rings is 1. The number of alkyl halides is 6. The van der Waals surface area contributed by atoms with Crippen LogP contribution in [0, 0.1) is 5.41 Å². The Hall–Kier alpha value is -2.92. The second-order valence-corrected chi connectivity index (χ2v) is 6.66. The first-order valence-electron chi connectivity index (χ1n) is 8.22. The Bertz CT molecular complexity index is 752.